The van der Waals surface area contributed by atoms with Crippen LogP contribution in [-0.2, 0) is 16.0 Å². The van der Waals surface area contributed by atoms with Crippen LogP contribution >= 0.6 is 11.3 Å². The first kappa shape index (κ1) is 15.0. The van der Waals surface area contributed by atoms with Crippen molar-refractivity contribution in [3.05, 3.63) is 21.9 Å². The molecule has 1 aromatic rings. The van der Waals surface area contributed by atoms with E-state index in [9.17, 15) is 9.59 Å². The first-order valence-electron chi connectivity index (χ1n) is 6.90. The third kappa shape index (κ3) is 3.03. The smallest absolute Gasteiger partial charge is 0.323 e. The van der Waals surface area contributed by atoms with Crippen LogP contribution in [-0.4, -0.2) is 34.0 Å². The lowest BCUT2D eigenvalue weighted by Gasteiger charge is -2.37. The molecule has 1 N–H and O–H groups in total. The van der Waals surface area contributed by atoms with Gasteiger partial charge in [0.25, 0.3) is 0 Å². The molecule has 0 aromatic carbocycles. The summed E-state index contributed by atoms with van der Waals surface area (Å²) in [6.07, 6.45) is 2.84. The highest BCUT2D eigenvalue weighted by molar-refractivity contribution is 7.10. The first-order valence-corrected chi connectivity index (χ1v) is 7.78. The van der Waals surface area contributed by atoms with E-state index in [4.69, 9.17) is 5.11 Å². The molecule has 0 saturated carbocycles. The van der Waals surface area contributed by atoms with Gasteiger partial charge in [-0.2, -0.15) is 0 Å². The average Bonchev–Trinajstić information content (AvgIpc) is 2.81. The number of carboxylic acid groups (broad SMARTS) is 1. The van der Waals surface area contributed by atoms with Gasteiger partial charge >= 0.3 is 5.97 Å². The van der Waals surface area contributed by atoms with Crippen molar-refractivity contribution in [2.24, 2.45) is 0 Å². The molecule has 0 bridgehead atoms. The number of carboxylic acids is 1. The Morgan fingerprint density at radius 3 is 2.75 bits per heavy atom. The number of hydrogen-bond donors (Lipinski definition) is 1. The molecule has 2 rings (SSSR count). The van der Waals surface area contributed by atoms with Crippen LogP contribution in [0, 0.1) is 0 Å². The molecule has 1 amide bonds. The van der Waals surface area contributed by atoms with Gasteiger partial charge in [0.1, 0.15) is 6.54 Å². The van der Waals surface area contributed by atoms with E-state index in [0.717, 1.165) is 24.8 Å². The molecule has 0 aliphatic heterocycles. The Kier molecular flexibility index (Phi) is 4.18. The zero-order valence-electron chi connectivity index (χ0n) is 12.2. The van der Waals surface area contributed by atoms with Gasteiger partial charge in [-0.05, 0) is 57.0 Å². The highest BCUT2D eigenvalue weighted by atomic mass is 32.1. The minimum Gasteiger partial charge on any atom is -0.480 e. The summed E-state index contributed by atoms with van der Waals surface area (Å²) in [7, 11) is 0. The molecule has 0 saturated heterocycles. The second-order valence-electron chi connectivity index (χ2n) is 6.23. The number of hydrogen-bond acceptors (Lipinski definition) is 3. The molecular weight excluding hydrogens is 274 g/mol. The number of carbonyl (C=O) groups excluding carboxylic acids is 1. The fourth-order valence-corrected chi connectivity index (χ4v) is 3.70. The molecule has 1 unspecified atom stereocenters. The molecule has 1 aliphatic carbocycles. The number of amides is 1. The molecule has 0 radical (unpaired) electrons. The van der Waals surface area contributed by atoms with Gasteiger partial charge in [-0.1, -0.05) is 0 Å². The summed E-state index contributed by atoms with van der Waals surface area (Å²) in [5, 5.41) is 11.1. The van der Waals surface area contributed by atoms with Crippen LogP contribution in [0.5, 0.6) is 0 Å². The second kappa shape index (κ2) is 5.56. The molecular formula is C15H21NO3S. The Balaban J connectivity index is 2.28. The first-order chi connectivity index (χ1) is 9.30. The number of fused-ring (bicyclic) bond motifs is 1. The molecule has 1 aromatic heterocycles. The van der Waals surface area contributed by atoms with E-state index in [1.165, 1.54) is 9.78 Å². The van der Waals surface area contributed by atoms with Crippen molar-refractivity contribution in [1.29, 1.82) is 0 Å². The number of thiophene rings is 1. The molecule has 1 heterocycles. The zero-order chi connectivity index (χ0) is 14.9. The number of rotatable bonds is 3. The maximum atomic E-state index is 12.8. The van der Waals surface area contributed by atoms with E-state index in [-0.39, 0.29) is 18.4 Å². The van der Waals surface area contributed by atoms with Crippen LogP contribution < -0.4 is 0 Å². The maximum absolute atomic E-state index is 12.8. The minimum absolute atomic E-state index is 0.0562. The molecule has 4 nitrogen and oxygen atoms in total. The van der Waals surface area contributed by atoms with Gasteiger partial charge in [-0.25, -0.2) is 0 Å². The minimum atomic E-state index is -0.963. The molecule has 20 heavy (non-hydrogen) atoms. The predicted octanol–water partition coefficient (Wildman–Crippen LogP) is 2.88. The fourth-order valence-electron chi connectivity index (χ4n) is 2.71. The topological polar surface area (TPSA) is 57.6 Å². The molecule has 0 fully saturated rings. The Morgan fingerprint density at radius 2 is 2.15 bits per heavy atom. The SMILES string of the molecule is CC(C)(C)N(CC(=O)O)C(=O)C1CCCc2sccc21. The van der Waals surface area contributed by atoms with Crippen LogP contribution in [0.4, 0.5) is 0 Å². The number of aryl methyl sites for hydroxylation is 1. The van der Waals surface area contributed by atoms with Crippen molar-refractivity contribution in [3.63, 3.8) is 0 Å². The van der Waals surface area contributed by atoms with E-state index in [0.29, 0.717) is 0 Å². The van der Waals surface area contributed by atoms with Gasteiger partial charge < -0.3 is 10.0 Å². The standard InChI is InChI=1S/C15H21NO3S/c1-15(2,3)16(9-13(17)18)14(19)11-5-4-6-12-10(11)7-8-20-12/h7-8,11H,4-6,9H2,1-3H3,(H,17,18). The summed E-state index contributed by atoms with van der Waals surface area (Å²) in [6.45, 7) is 5.40. The van der Waals surface area contributed by atoms with Gasteiger partial charge in [0.2, 0.25) is 5.91 Å². The molecule has 110 valence electrons. The van der Waals surface area contributed by atoms with E-state index in [2.05, 4.69) is 0 Å². The average molecular weight is 295 g/mol. The lowest BCUT2D eigenvalue weighted by atomic mass is 9.85. The number of aliphatic carboxylic acids is 1. The third-order valence-electron chi connectivity index (χ3n) is 3.72. The number of nitrogens with zero attached hydrogens (tertiary/aromatic N) is 1. The van der Waals surface area contributed by atoms with Crippen molar-refractivity contribution in [2.75, 3.05) is 6.54 Å². The maximum Gasteiger partial charge on any atom is 0.323 e. The van der Waals surface area contributed by atoms with Crippen molar-refractivity contribution >= 4 is 23.2 Å². The van der Waals surface area contributed by atoms with Crippen LogP contribution in [0.2, 0.25) is 0 Å². The van der Waals surface area contributed by atoms with Gasteiger partial charge in [-0.3, -0.25) is 9.59 Å². The molecule has 1 atom stereocenters. The third-order valence-corrected chi connectivity index (χ3v) is 4.72. The van der Waals surface area contributed by atoms with E-state index >= 15 is 0 Å². The molecule has 1 aliphatic rings. The second-order valence-corrected chi connectivity index (χ2v) is 7.23. The quantitative estimate of drug-likeness (QED) is 0.933. The molecule has 5 heteroatoms. The Morgan fingerprint density at radius 1 is 1.45 bits per heavy atom. The lowest BCUT2D eigenvalue weighted by Crippen LogP contribution is -2.50. The highest BCUT2D eigenvalue weighted by Crippen LogP contribution is 2.37. The van der Waals surface area contributed by atoms with Gasteiger partial charge in [0.05, 0.1) is 5.92 Å². The van der Waals surface area contributed by atoms with Crippen molar-refractivity contribution < 1.29 is 14.7 Å². The summed E-state index contributed by atoms with van der Waals surface area (Å²) < 4.78 is 0. The van der Waals surface area contributed by atoms with Crippen LogP contribution in [0.3, 0.4) is 0 Å². The van der Waals surface area contributed by atoms with Crippen molar-refractivity contribution in [1.82, 2.24) is 4.90 Å². The Labute approximate surface area is 123 Å². The Bertz CT molecular complexity index is 515. The normalized spacial score (nSPS) is 18.4. The van der Waals surface area contributed by atoms with E-state index in [1.54, 1.807) is 11.3 Å². The van der Waals surface area contributed by atoms with Crippen LogP contribution in [0.15, 0.2) is 11.4 Å². The molecule has 0 spiro atoms. The fraction of sp³-hybridized carbons (Fsp3) is 0.600. The summed E-state index contributed by atoms with van der Waals surface area (Å²) >= 11 is 1.69. The summed E-state index contributed by atoms with van der Waals surface area (Å²) in [5.41, 5.74) is 0.620. The monoisotopic (exact) mass is 295 g/mol. The predicted molar refractivity (Wildman–Crippen MR) is 79.1 cm³/mol. The van der Waals surface area contributed by atoms with E-state index < -0.39 is 11.5 Å². The summed E-state index contributed by atoms with van der Waals surface area (Å²) in [4.78, 5) is 26.6. The highest BCUT2D eigenvalue weighted by Gasteiger charge is 2.36. The van der Waals surface area contributed by atoms with Crippen molar-refractivity contribution in [3.8, 4) is 0 Å². The Hall–Kier alpha value is -1.36. The van der Waals surface area contributed by atoms with Crippen LogP contribution in [0.1, 0.15) is 50.0 Å². The van der Waals surface area contributed by atoms with Crippen LogP contribution in [0.25, 0.3) is 0 Å². The lowest BCUT2D eigenvalue weighted by molar-refractivity contribution is -0.149. The van der Waals surface area contributed by atoms with Gasteiger partial charge in [0, 0.05) is 10.4 Å². The zero-order valence-corrected chi connectivity index (χ0v) is 13.0. The summed E-state index contributed by atoms with van der Waals surface area (Å²) in [6, 6.07) is 2.02. The van der Waals surface area contributed by atoms with Crippen molar-refractivity contribution in [2.45, 2.75) is 51.5 Å². The van der Waals surface area contributed by atoms with E-state index in [1.807, 2.05) is 32.2 Å². The number of carbonyl (C=O) groups is 2. The largest absolute Gasteiger partial charge is 0.480 e. The van der Waals surface area contributed by atoms with Gasteiger partial charge in [-0.15, -0.1) is 11.3 Å². The van der Waals surface area contributed by atoms with Gasteiger partial charge in [0.15, 0.2) is 0 Å². The summed E-state index contributed by atoms with van der Waals surface area (Å²) in [5.74, 6) is -1.20.